The van der Waals surface area contributed by atoms with Gasteiger partial charge in [-0.3, -0.25) is 4.79 Å². The molecule has 17 heavy (non-hydrogen) atoms. The molecule has 0 aromatic heterocycles. The molecule has 0 heterocycles. The van der Waals surface area contributed by atoms with E-state index in [2.05, 4.69) is 24.5 Å². The maximum atomic E-state index is 11.7. The summed E-state index contributed by atoms with van der Waals surface area (Å²) in [5.74, 6) is 0.526. The highest BCUT2D eigenvalue weighted by atomic mass is 16.5. The molecule has 1 amide bonds. The molecule has 0 aliphatic heterocycles. The zero-order valence-corrected chi connectivity index (χ0v) is 11.3. The maximum absolute atomic E-state index is 11.7. The number of carbonyl (C=O) groups is 1. The third kappa shape index (κ3) is 6.64. The van der Waals surface area contributed by atoms with Crippen LogP contribution in [-0.4, -0.2) is 37.7 Å². The summed E-state index contributed by atoms with van der Waals surface area (Å²) in [5.41, 5.74) is 0. The lowest BCUT2D eigenvalue weighted by atomic mass is 10.1. The molecule has 0 saturated heterocycles. The first kappa shape index (κ1) is 14.5. The van der Waals surface area contributed by atoms with Gasteiger partial charge in [-0.1, -0.05) is 13.8 Å². The van der Waals surface area contributed by atoms with Crippen molar-refractivity contribution in [3.63, 3.8) is 0 Å². The van der Waals surface area contributed by atoms with Gasteiger partial charge in [-0.25, -0.2) is 0 Å². The first-order chi connectivity index (χ1) is 8.13. The first-order valence-electron chi connectivity index (χ1n) is 6.74. The summed E-state index contributed by atoms with van der Waals surface area (Å²) in [6.45, 7) is 8.27. The van der Waals surface area contributed by atoms with Crippen LogP contribution in [0.5, 0.6) is 0 Å². The van der Waals surface area contributed by atoms with E-state index in [1.54, 1.807) is 0 Å². The zero-order valence-electron chi connectivity index (χ0n) is 11.3. The number of rotatable bonds is 9. The van der Waals surface area contributed by atoms with Gasteiger partial charge in [0, 0.05) is 25.6 Å². The van der Waals surface area contributed by atoms with Crippen LogP contribution in [0.3, 0.4) is 0 Å². The second-order valence-electron chi connectivity index (χ2n) is 5.06. The van der Waals surface area contributed by atoms with E-state index in [4.69, 9.17) is 4.74 Å². The summed E-state index contributed by atoms with van der Waals surface area (Å²) in [6.07, 6.45) is 3.09. The standard InChI is InChI=1S/C13H26N2O2/c1-4-17-9-12(10(2)3)15-13(16)7-8-14-11-5-6-11/h10-12,14H,4-9H2,1-3H3,(H,15,16). The van der Waals surface area contributed by atoms with E-state index in [9.17, 15) is 4.79 Å². The minimum Gasteiger partial charge on any atom is -0.380 e. The molecule has 0 aromatic rings. The molecule has 4 nitrogen and oxygen atoms in total. The molecule has 1 fully saturated rings. The zero-order chi connectivity index (χ0) is 12.7. The molecule has 100 valence electrons. The van der Waals surface area contributed by atoms with Crippen molar-refractivity contribution in [2.24, 2.45) is 5.92 Å². The molecule has 1 aliphatic carbocycles. The number of nitrogens with one attached hydrogen (secondary N) is 2. The van der Waals surface area contributed by atoms with E-state index < -0.39 is 0 Å². The Morgan fingerprint density at radius 2 is 2.12 bits per heavy atom. The van der Waals surface area contributed by atoms with Gasteiger partial charge in [0.25, 0.3) is 0 Å². The van der Waals surface area contributed by atoms with Gasteiger partial charge in [0.05, 0.1) is 12.6 Å². The Kier molecular flexibility index (Phi) is 6.52. The van der Waals surface area contributed by atoms with Gasteiger partial charge in [0.15, 0.2) is 0 Å². The quantitative estimate of drug-likeness (QED) is 0.641. The summed E-state index contributed by atoms with van der Waals surface area (Å²) in [6, 6.07) is 0.801. The Labute approximate surface area is 104 Å². The van der Waals surface area contributed by atoms with Gasteiger partial charge in [-0.05, 0) is 25.7 Å². The molecule has 0 spiro atoms. The fourth-order valence-corrected chi connectivity index (χ4v) is 1.60. The van der Waals surface area contributed by atoms with Crippen molar-refractivity contribution in [3.05, 3.63) is 0 Å². The molecular weight excluding hydrogens is 216 g/mol. The average molecular weight is 242 g/mol. The second-order valence-corrected chi connectivity index (χ2v) is 5.06. The van der Waals surface area contributed by atoms with Crippen LogP contribution in [0.2, 0.25) is 0 Å². The highest BCUT2D eigenvalue weighted by molar-refractivity contribution is 5.76. The molecule has 0 radical (unpaired) electrons. The van der Waals surface area contributed by atoms with Crippen LogP contribution in [0.25, 0.3) is 0 Å². The smallest absolute Gasteiger partial charge is 0.221 e. The third-order valence-electron chi connectivity index (χ3n) is 3.02. The largest absolute Gasteiger partial charge is 0.380 e. The first-order valence-corrected chi connectivity index (χ1v) is 6.74. The van der Waals surface area contributed by atoms with E-state index in [1.165, 1.54) is 12.8 Å². The number of hydrogen-bond donors (Lipinski definition) is 2. The second kappa shape index (κ2) is 7.67. The van der Waals surface area contributed by atoms with Crippen LogP contribution in [0, 0.1) is 5.92 Å². The Bertz CT molecular complexity index is 227. The highest BCUT2D eigenvalue weighted by Crippen LogP contribution is 2.18. The molecular formula is C13H26N2O2. The molecule has 0 bridgehead atoms. The molecule has 1 saturated carbocycles. The number of carbonyl (C=O) groups excluding carboxylic acids is 1. The van der Waals surface area contributed by atoms with Crippen LogP contribution in [0.1, 0.15) is 40.0 Å². The lowest BCUT2D eigenvalue weighted by molar-refractivity contribution is -0.122. The van der Waals surface area contributed by atoms with Gasteiger partial charge >= 0.3 is 0 Å². The minimum atomic E-state index is 0.122. The van der Waals surface area contributed by atoms with Crippen LogP contribution in [-0.2, 0) is 9.53 Å². The summed E-state index contributed by atoms with van der Waals surface area (Å²) in [4.78, 5) is 11.7. The molecule has 1 aliphatic rings. The van der Waals surface area contributed by atoms with Gasteiger partial charge in [-0.15, -0.1) is 0 Å². The lowest BCUT2D eigenvalue weighted by Gasteiger charge is -2.22. The van der Waals surface area contributed by atoms with Crippen molar-refractivity contribution >= 4 is 5.91 Å². The predicted octanol–water partition coefficient (Wildman–Crippen LogP) is 1.31. The fraction of sp³-hybridized carbons (Fsp3) is 0.923. The van der Waals surface area contributed by atoms with Gasteiger partial charge in [-0.2, -0.15) is 0 Å². The maximum Gasteiger partial charge on any atom is 0.221 e. The molecule has 1 atom stereocenters. The van der Waals surface area contributed by atoms with E-state index in [0.29, 0.717) is 31.6 Å². The van der Waals surface area contributed by atoms with Crippen molar-refractivity contribution < 1.29 is 9.53 Å². The number of hydrogen-bond acceptors (Lipinski definition) is 3. The van der Waals surface area contributed by atoms with Crippen molar-refractivity contribution in [1.82, 2.24) is 10.6 Å². The average Bonchev–Trinajstić information content (AvgIpc) is 3.07. The SMILES string of the molecule is CCOCC(NC(=O)CCNC1CC1)C(C)C. The molecule has 2 N–H and O–H groups in total. The number of ether oxygens (including phenoxy) is 1. The summed E-state index contributed by atoms with van der Waals surface area (Å²) >= 11 is 0. The molecule has 1 rings (SSSR count). The fourth-order valence-electron chi connectivity index (χ4n) is 1.60. The van der Waals surface area contributed by atoms with Crippen LogP contribution in [0.4, 0.5) is 0 Å². The molecule has 4 heteroatoms. The van der Waals surface area contributed by atoms with E-state index in [1.807, 2.05) is 6.92 Å². The minimum absolute atomic E-state index is 0.122. The monoisotopic (exact) mass is 242 g/mol. The Morgan fingerprint density at radius 3 is 2.65 bits per heavy atom. The van der Waals surface area contributed by atoms with E-state index in [-0.39, 0.29) is 11.9 Å². The summed E-state index contributed by atoms with van der Waals surface area (Å²) in [7, 11) is 0. The van der Waals surface area contributed by atoms with Crippen molar-refractivity contribution in [2.75, 3.05) is 19.8 Å². The summed E-state index contributed by atoms with van der Waals surface area (Å²) < 4.78 is 5.38. The normalized spacial score (nSPS) is 17.2. The van der Waals surface area contributed by atoms with E-state index in [0.717, 1.165) is 6.54 Å². The van der Waals surface area contributed by atoms with Gasteiger partial charge in [0.1, 0.15) is 0 Å². The summed E-state index contributed by atoms with van der Waals surface area (Å²) in [5, 5.41) is 6.38. The van der Waals surface area contributed by atoms with Crippen LogP contribution >= 0.6 is 0 Å². The van der Waals surface area contributed by atoms with Gasteiger partial charge in [0.2, 0.25) is 5.91 Å². The van der Waals surface area contributed by atoms with Crippen molar-refractivity contribution in [1.29, 1.82) is 0 Å². The Hall–Kier alpha value is -0.610. The topological polar surface area (TPSA) is 50.4 Å². The Balaban J connectivity index is 2.14. The third-order valence-corrected chi connectivity index (χ3v) is 3.02. The number of amides is 1. The van der Waals surface area contributed by atoms with Crippen LogP contribution < -0.4 is 10.6 Å². The van der Waals surface area contributed by atoms with Crippen molar-refractivity contribution in [2.45, 2.75) is 52.1 Å². The molecule has 1 unspecified atom stereocenters. The van der Waals surface area contributed by atoms with Crippen LogP contribution in [0.15, 0.2) is 0 Å². The Morgan fingerprint density at radius 1 is 1.41 bits per heavy atom. The highest BCUT2D eigenvalue weighted by Gasteiger charge is 2.21. The molecule has 0 aromatic carbocycles. The van der Waals surface area contributed by atoms with Gasteiger partial charge < -0.3 is 15.4 Å². The predicted molar refractivity (Wildman–Crippen MR) is 68.9 cm³/mol. The van der Waals surface area contributed by atoms with E-state index >= 15 is 0 Å². The lowest BCUT2D eigenvalue weighted by Crippen LogP contribution is -2.42. The van der Waals surface area contributed by atoms with Crippen molar-refractivity contribution in [3.8, 4) is 0 Å².